The van der Waals surface area contributed by atoms with Crippen molar-refractivity contribution in [1.82, 2.24) is 15.4 Å². The molecule has 1 heterocycles. The Balaban J connectivity index is 2.93. The summed E-state index contributed by atoms with van der Waals surface area (Å²) < 4.78 is 0. The molecule has 0 aliphatic carbocycles. The van der Waals surface area contributed by atoms with Crippen LogP contribution in [0.15, 0.2) is 0 Å². The SMILES string of the molecule is CC(C)(C)B1NB(C(C)(C)C)NB(C(C)(C)C)N1. The predicted octanol–water partition coefficient (Wildman–Crippen LogP) is 2.63. The van der Waals surface area contributed by atoms with Crippen LogP contribution in [0.2, 0.25) is 15.9 Å². The summed E-state index contributed by atoms with van der Waals surface area (Å²) in [6, 6.07) is 0. The van der Waals surface area contributed by atoms with Crippen molar-refractivity contribution in [3.8, 4) is 0 Å². The van der Waals surface area contributed by atoms with E-state index < -0.39 is 0 Å². The summed E-state index contributed by atoms with van der Waals surface area (Å²) in [7, 11) is 0. The molecule has 0 aromatic carbocycles. The molecule has 0 saturated carbocycles. The molecular weight excluding hydrogens is 219 g/mol. The van der Waals surface area contributed by atoms with E-state index in [1.807, 2.05) is 0 Å². The number of hydrogen-bond acceptors (Lipinski definition) is 3. The summed E-state index contributed by atoms with van der Waals surface area (Å²) in [5.74, 6) is 0. The summed E-state index contributed by atoms with van der Waals surface area (Å²) in [6.07, 6.45) is 0. The van der Waals surface area contributed by atoms with Gasteiger partial charge < -0.3 is 15.4 Å². The summed E-state index contributed by atoms with van der Waals surface area (Å²) in [5.41, 5.74) is 0. The van der Waals surface area contributed by atoms with Gasteiger partial charge in [-0.15, -0.1) is 0 Å². The molecule has 18 heavy (non-hydrogen) atoms. The predicted molar refractivity (Wildman–Crippen MR) is 85.8 cm³/mol. The molecule has 0 spiro atoms. The van der Waals surface area contributed by atoms with E-state index in [4.69, 9.17) is 0 Å². The van der Waals surface area contributed by atoms with E-state index in [-0.39, 0.29) is 15.9 Å². The van der Waals surface area contributed by atoms with Crippen LogP contribution in [0.4, 0.5) is 0 Å². The average molecular weight is 249 g/mol. The largest absolute Gasteiger partial charge is 0.371 e. The Bertz CT molecular complexity index is 235. The molecule has 1 rings (SSSR count). The normalized spacial score (nSPS) is 19.5. The van der Waals surface area contributed by atoms with E-state index in [2.05, 4.69) is 77.7 Å². The smallest absolute Gasteiger partial charge is 0.290 e. The van der Waals surface area contributed by atoms with Crippen LogP contribution in [-0.4, -0.2) is 20.9 Å². The van der Waals surface area contributed by atoms with E-state index in [1.54, 1.807) is 0 Å². The first-order valence-corrected chi connectivity index (χ1v) is 7.10. The maximum absolute atomic E-state index is 3.71. The molecule has 0 atom stereocenters. The van der Waals surface area contributed by atoms with Gasteiger partial charge in [-0.3, -0.25) is 0 Å². The van der Waals surface area contributed by atoms with Gasteiger partial charge in [0.1, 0.15) is 0 Å². The van der Waals surface area contributed by atoms with Crippen LogP contribution in [0, 0.1) is 0 Å². The van der Waals surface area contributed by atoms with Crippen molar-refractivity contribution in [3.05, 3.63) is 0 Å². The lowest BCUT2D eigenvalue weighted by Crippen LogP contribution is -2.80. The fraction of sp³-hybridized carbons (Fsp3) is 1.00. The lowest BCUT2D eigenvalue weighted by molar-refractivity contribution is 0.660. The van der Waals surface area contributed by atoms with Gasteiger partial charge in [0.2, 0.25) is 0 Å². The maximum atomic E-state index is 3.71. The molecule has 0 amide bonds. The van der Waals surface area contributed by atoms with E-state index in [9.17, 15) is 0 Å². The van der Waals surface area contributed by atoms with Crippen LogP contribution < -0.4 is 15.4 Å². The quantitative estimate of drug-likeness (QED) is 0.577. The van der Waals surface area contributed by atoms with Crippen molar-refractivity contribution < 1.29 is 0 Å². The highest BCUT2D eigenvalue weighted by Gasteiger charge is 2.48. The Morgan fingerprint density at radius 3 is 0.722 bits per heavy atom. The second-order valence-electron chi connectivity index (χ2n) is 8.90. The molecule has 6 heteroatoms. The topological polar surface area (TPSA) is 36.1 Å². The van der Waals surface area contributed by atoms with Crippen molar-refractivity contribution in [2.45, 2.75) is 78.3 Å². The second-order valence-corrected chi connectivity index (χ2v) is 8.90. The van der Waals surface area contributed by atoms with Crippen molar-refractivity contribution in [2.75, 3.05) is 0 Å². The van der Waals surface area contributed by atoms with Crippen molar-refractivity contribution in [3.63, 3.8) is 0 Å². The fourth-order valence-corrected chi connectivity index (χ4v) is 2.14. The average Bonchev–Trinajstić information content (AvgIpc) is 2.13. The van der Waals surface area contributed by atoms with Crippen LogP contribution in [0.5, 0.6) is 0 Å². The van der Waals surface area contributed by atoms with Crippen LogP contribution in [-0.2, 0) is 0 Å². The third-order valence-electron chi connectivity index (χ3n) is 3.60. The molecule has 3 N–H and O–H groups in total. The Labute approximate surface area is 115 Å². The second kappa shape index (κ2) is 4.88. The van der Waals surface area contributed by atoms with E-state index in [0.29, 0.717) is 20.9 Å². The molecule has 3 nitrogen and oxygen atoms in total. The third kappa shape index (κ3) is 4.04. The third-order valence-corrected chi connectivity index (χ3v) is 3.60. The molecule has 0 bridgehead atoms. The standard InChI is InChI=1S/C12H30B3N3/c1-10(2,3)13-16-14(11(4,5)6)18-15(17-13)12(7,8)9/h16-18H,1-9H3. The van der Waals surface area contributed by atoms with Crippen LogP contribution in [0.25, 0.3) is 0 Å². The van der Waals surface area contributed by atoms with Gasteiger partial charge in [0.25, 0.3) is 20.9 Å². The highest BCUT2D eigenvalue weighted by Crippen LogP contribution is 2.33. The molecule has 1 fully saturated rings. The van der Waals surface area contributed by atoms with Crippen LogP contribution in [0.1, 0.15) is 62.3 Å². The summed E-state index contributed by atoms with van der Waals surface area (Å²) in [6.45, 7) is 21.5. The molecule has 0 unspecified atom stereocenters. The Morgan fingerprint density at radius 1 is 0.444 bits per heavy atom. The minimum Gasteiger partial charge on any atom is -0.371 e. The molecule has 1 aliphatic heterocycles. The zero-order valence-corrected chi connectivity index (χ0v) is 13.7. The first-order valence-electron chi connectivity index (χ1n) is 7.10. The highest BCUT2D eigenvalue weighted by molar-refractivity contribution is 6.89. The summed E-state index contributed by atoms with van der Waals surface area (Å²) >= 11 is 0. The van der Waals surface area contributed by atoms with E-state index in [1.165, 1.54) is 0 Å². The lowest BCUT2D eigenvalue weighted by atomic mass is 9.32. The molecule has 1 saturated heterocycles. The number of hydrogen-bond donors (Lipinski definition) is 3. The Kier molecular flexibility index (Phi) is 4.37. The Morgan fingerprint density at radius 2 is 0.611 bits per heavy atom. The zero-order valence-electron chi connectivity index (χ0n) is 13.7. The summed E-state index contributed by atoms with van der Waals surface area (Å²) in [5, 5.41) is 11.8. The van der Waals surface area contributed by atoms with Gasteiger partial charge in [0, 0.05) is 0 Å². The van der Waals surface area contributed by atoms with Gasteiger partial charge >= 0.3 is 0 Å². The van der Waals surface area contributed by atoms with Gasteiger partial charge in [-0.05, 0) is 15.9 Å². The lowest BCUT2D eigenvalue weighted by Gasteiger charge is -2.46. The number of nitrogens with one attached hydrogen (secondary N) is 3. The van der Waals surface area contributed by atoms with Crippen LogP contribution in [0.3, 0.4) is 0 Å². The van der Waals surface area contributed by atoms with Gasteiger partial charge in [0.05, 0.1) is 0 Å². The van der Waals surface area contributed by atoms with Crippen molar-refractivity contribution in [1.29, 1.82) is 0 Å². The van der Waals surface area contributed by atoms with Gasteiger partial charge in [-0.25, -0.2) is 0 Å². The molecule has 0 aromatic rings. The first-order chi connectivity index (χ1) is 7.82. The van der Waals surface area contributed by atoms with E-state index in [0.717, 1.165) is 0 Å². The van der Waals surface area contributed by atoms with Crippen molar-refractivity contribution >= 4 is 20.9 Å². The van der Waals surface area contributed by atoms with Gasteiger partial charge in [0.15, 0.2) is 0 Å². The molecule has 0 aromatic heterocycles. The van der Waals surface area contributed by atoms with Gasteiger partial charge in [-0.2, -0.15) is 0 Å². The Hall–Kier alpha value is 0.0748. The highest BCUT2D eigenvalue weighted by atomic mass is 15.1. The maximum Gasteiger partial charge on any atom is 0.290 e. The van der Waals surface area contributed by atoms with Gasteiger partial charge in [-0.1, -0.05) is 62.3 Å². The number of rotatable bonds is 0. The monoisotopic (exact) mass is 249 g/mol. The first kappa shape index (κ1) is 16.1. The molecule has 102 valence electrons. The zero-order chi connectivity index (χ0) is 14.4. The fourth-order valence-electron chi connectivity index (χ4n) is 2.14. The molecule has 0 radical (unpaired) electrons. The minimum absolute atomic E-state index is 0.203. The summed E-state index contributed by atoms with van der Waals surface area (Å²) in [4.78, 5) is 0. The van der Waals surface area contributed by atoms with E-state index >= 15 is 0 Å². The van der Waals surface area contributed by atoms with Crippen molar-refractivity contribution in [2.24, 2.45) is 0 Å². The van der Waals surface area contributed by atoms with Crippen LogP contribution >= 0.6 is 0 Å². The minimum atomic E-state index is 0.203. The molecule has 1 aliphatic rings. The molecular formula is C12H30B3N3.